The molecule has 4 heteroatoms. The van der Waals surface area contributed by atoms with E-state index in [0.717, 1.165) is 35.2 Å². The summed E-state index contributed by atoms with van der Waals surface area (Å²) < 4.78 is 12.1. The summed E-state index contributed by atoms with van der Waals surface area (Å²) in [6, 6.07) is 2.14. The molecule has 1 aliphatic carbocycles. The largest absolute Gasteiger partial charge is 0.493 e. The van der Waals surface area contributed by atoms with Crippen LogP contribution in [0.5, 0.6) is 11.5 Å². The number of hydrogen-bond donors (Lipinski definition) is 1. The maximum absolute atomic E-state index is 6.23. The zero-order chi connectivity index (χ0) is 14.2. The highest BCUT2D eigenvalue weighted by molar-refractivity contribution is 9.10. The molecule has 0 radical (unpaired) electrons. The molecule has 106 valence electrons. The third-order valence-corrected chi connectivity index (χ3v) is 4.86. The Morgan fingerprint density at radius 1 is 1.37 bits per heavy atom. The Bertz CT molecular complexity index is 482. The first kappa shape index (κ1) is 14.7. The molecule has 1 aliphatic rings. The highest BCUT2D eigenvalue weighted by atomic mass is 79.9. The third-order valence-electron chi connectivity index (χ3n) is 4.23. The van der Waals surface area contributed by atoms with Crippen molar-refractivity contribution in [2.75, 3.05) is 14.2 Å². The lowest BCUT2D eigenvalue weighted by Gasteiger charge is -2.27. The van der Waals surface area contributed by atoms with Crippen molar-refractivity contribution in [3.8, 4) is 11.5 Å². The fourth-order valence-corrected chi connectivity index (χ4v) is 3.82. The van der Waals surface area contributed by atoms with Crippen LogP contribution >= 0.6 is 15.9 Å². The van der Waals surface area contributed by atoms with Gasteiger partial charge < -0.3 is 15.2 Å². The number of methoxy groups -OCH3 is 2. The van der Waals surface area contributed by atoms with E-state index < -0.39 is 0 Å². The van der Waals surface area contributed by atoms with E-state index in [9.17, 15) is 0 Å². The Kier molecular flexibility index (Phi) is 4.11. The van der Waals surface area contributed by atoms with Gasteiger partial charge in [-0.3, -0.25) is 0 Å². The molecule has 0 bridgehead atoms. The fourth-order valence-electron chi connectivity index (χ4n) is 2.98. The van der Waals surface area contributed by atoms with Crippen molar-refractivity contribution < 1.29 is 9.47 Å². The first-order chi connectivity index (χ1) is 9.01. The minimum Gasteiger partial charge on any atom is -0.493 e. The molecule has 1 unspecified atom stereocenters. The summed E-state index contributed by atoms with van der Waals surface area (Å²) in [6.07, 6.45) is 3.19. The van der Waals surface area contributed by atoms with Gasteiger partial charge in [-0.1, -0.05) is 22.9 Å². The molecular weight excluding hydrogens is 306 g/mol. The molecule has 0 aromatic heterocycles. The average molecular weight is 328 g/mol. The highest BCUT2D eigenvalue weighted by Crippen LogP contribution is 2.56. The smallest absolute Gasteiger partial charge is 0.164 e. The van der Waals surface area contributed by atoms with Crippen LogP contribution < -0.4 is 15.2 Å². The van der Waals surface area contributed by atoms with Crippen LogP contribution in [0.25, 0.3) is 0 Å². The zero-order valence-electron chi connectivity index (χ0n) is 12.0. The molecule has 3 nitrogen and oxygen atoms in total. The van der Waals surface area contributed by atoms with Gasteiger partial charge in [0.05, 0.1) is 14.2 Å². The minimum absolute atomic E-state index is 0.101. The molecule has 0 spiro atoms. The van der Waals surface area contributed by atoms with Gasteiger partial charge in [-0.2, -0.15) is 0 Å². The second kappa shape index (κ2) is 5.33. The van der Waals surface area contributed by atoms with Gasteiger partial charge in [0.25, 0.3) is 0 Å². The maximum Gasteiger partial charge on any atom is 0.164 e. The molecule has 0 aliphatic heterocycles. The average Bonchev–Trinajstić information content (AvgIpc) is 3.18. The van der Waals surface area contributed by atoms with E-state index in [4.69, 9.17) is 15.2 Å². The van der Waals surface area contributed by atoms with E-state index in [0.29, 0.717) is 0 Å². The maximum atomic E-state index is 6.23. The zero-order valence-corrected chi connectivity index (χ0v) is 13.6. The molecule has 1 fully saturated rings. The van der Waals surface area contributed by atoms with E-state index in [1.54, 1.807) is 14.2 Å². The van der Waals surface area contributed by atoms with Gasteiger partial charge in [0.2, 0.25) is 0 Å². The standard InChI is InChI=1S/C15H22BrNO2/c1-5-10-13(15(6-7-15)9(2)17)11(16)8-12(18-3)14(10)19-4/h8-9H,5-7,17H2,1-4H3. The molecule has 0 saturated heterocycles. The quantitative estimate of drug-likeness (QED) is 0.901. The van der Waals surface area contributed by atoms with E-state index >= 15 is 0 Å². The number of benzene rings is 1. The number of ether oxygens (including phenoxy) is 2. The van der Waals surface area contributed by atoms with E-state index in [2.05, 4.69) is 29.8 Å². The number of rotatable bonds is 5. The van der Waals surface area contributed by atoms with Gasteiger partial charge in [0, 0.05) is 21.5 Å². The molecule has 1 aromatic carbocycles. The van der Waals surface area contributed by atoms with Crippen molar-refractivity contribution in [3.05, 3.63) is 21.7 Å². The summed E-state index contributed by atoms with van der Waals surface area (Å²) in [4.78, 5) is 0. The Hall–Kier alpha value is -0.740. The minimum atomic E-state index is 0.101. The molecule has 0 heterocycles. The predicted octanol–water partition coefficient (Wildman–Crippen LogP) is 3.41. The van der Waals surface area contributed by atoms with Gasteiger partial charge in [0.1, 0.15) is 0 Å². The summed E-state index contributed by atoms with van der Waals surface area (Å²) in [6.45, 7) is 4.24. The van der Waals surface area contributed by atoms with Crippen LogP contribution in [0.3, 0.4) is 0 Å². The van der Waals surface area contributed by atoms with Gasteiger partial charge in [-0.05, 0) is 37.8 Å². The third kappa shape index (κ3) is 2.25. The summed E-state index contributed by atoms with van der Waals surface area (Å²) >= 11 is 3.70. The van der Waals surface area contributed by atoms with E-state index in [1.165, 1.54) is 11.1 Å². The molecule has 1 aromatic rings. The van der Waals surface area contributed by atoms with Crippen LogP contribution in [-0.4, -0.2) is 20.3 Å². The SMILES string of the molecule is CCc1c(OC)c(OC)cc(Br)c1C1(C(C)N)CC1. The van der Waals surface area contributed by atoms with Crippen LogP contribution in [0.2, 0.25) is 0 Å². The van der Waals surface area contributed by atoms with Gasteiger partial charge in [0.15, 0.2) is 11.5 Å². The van der Waals surface area contributed by atoms with Crippen LogP contribution in [0, 0.1) is 0 Å². The molecule has 2 N–H and O–H groups in total. The van der Waals surface area contributed by atoms with Gasteiger partial charge in [-0.15, -0.1) is 0 Å². The number of halogens is 1. The second-order valence-electron chi connectivity index (χ2n) is 5.25. The van der Waals surface area contributed by atoms with E-state index in [1.807, 2.05) is 6.07 Å². The topological polar surface area (TPSA) is 44.5 Å². The Labute approximate surface area is 123 Å². The summed E-state index contributed by atoms with van der Waals surface area (Å²) in [7, 11) is 3.36. The Morgan fingerprint density at radius 3 is 2.37 bits per heavy atom. The normalized spacial score (nSPS) is 18.0. The van der Waals surface area contributed by atoms with Crippen molar-refractivity contribution >= 4 is 15.9 Å². The Balaban J connectivity index is 2.67. The van der Waals surface area contributed by atoms with Crippen molar-refractivity contribution in [2.24, 2.45) is 5.73 Å². The second-order valence-corrected chi connectivity index (χ2v) is 6.10. The highest BCUT2D eigenvalue weighted by Gasteiger charge is 2.50. The van der Waals surface area contributed by atoms with Crippen molar-refractivity contribution in [1.82, 2.24) is 0 Å². The lowest BCUT2D eigenvalue weighted by molar-refractivity contribution is 0.350. The molecule has 0 amide bonds. The molecule has 19 heavy (non-hydrogen) atoms. The monoisotopic (exact) mass is 327 g/mol. The number of nitrogens with two attached hydrogens (primary N) is 1. The molecule has 1 saturated carbocycles. The molecule has 2 rings (SSSR count). The summed E-state index contributed by atoms with van der Waals surface area (Å²) in [5, 5.41) is 0. The van der Waals surface area contributed by atoms with Crippen LogP contribution in [0.15, 0.2) is 10.5 Å². The first-order valence-electron chi connectivity index (χ1n) is 6.71. The first-order valence-corrected chi connectivity index (χ1v) is 7.50. The van der Waals surface area contributed by atoms with E-state index in [-0.39, 0.29) is 11.5 Å². The van der Waals surface area contributed by atoms with Crippen LogP contribution in [-0.2, 0) is 11.8 Å². The van der Waals surface area contributed by atoms with Crippen LogP contribution in [0.1, 0.15) is 37.8 Å². The molecular formula is C15H22BrNO2. The van der Waals surface area contributed by atoms with Gasteiger partial charge in [-0.25, -0.2) is 0 Å². The summed E-state index contributed by atoms with van der Waals surface area (Å²) in [5.74, 6) is 1.62. The van der Waals surface area contributed by atoms with Crippen molar-refractivity contribution in [3.63, 3.8) is 0 Å². The predicted molar refractivity (Wildman–Crippen MR) is 81.2 cm³/mol. The molecule has 1 atom stereocenters. The Morgan fingerprint density at radius 2 is 2.00 bits per heavy atom. The fraction of sp³-hybridized carbons (Fsp3) is 0.600. The lowest BCUT2D eigenvalue weighted by Crippen LogP contribution is -2.33. The lowest BCUT2D eigenvalue weighted by atomic mass is 9.84. The van der Waals surface area contributed by atoms with Crippen LogP contribution in [0.4, 0.5) is 0 Å². The van der Waals surface area contributed by atoms with Crippen molar-refractivity contribution in [1.29, 1.82) is 0 Å². The van der Waals surface area contributed by atoms with Crippen molar-refractivity contribution in [2.45, 2.75) is 44.6 Å². The summed E-state index contributed by atoms with van der Waals surface area (Å²) in [5.41, 5.74) is 8.85. The van der Waals surface area contributed by atoms with Gasteiger partial charge >= 0.3 is 0 Å². The number of hydrogen-bond acceptors (Lipinski definition) is 3.